The van der Waals surface area contributed by atoms with E-state index in [-0.39, 0.29) is 0 Å². The molecule has 1 unspecified atom stereocenters. The summed E-state index contributed by atoms with van der Waals surface area (Å²) in [6.07, 6.45) is 4.98. The number of benzene rings is 1. The number of hydrogen-bond acceptors (Lipinski definition) is 2. The third-order valence-electron chi connectivity index (χ3n) is 4.28. The molecule has 106 valence electrons. The normalized spacial score (nSPS) is 18.5. The first-order valence-electron chi connectivity index (χ1n) is 7.46. The van der Waals surface area contributed by atoms with E-state index in [1.807, 2.05) is 0 Å². The number of rotatable bonds is 4. The van der Waals surface area contributed by atoms with Gasteiger partial charge in [-0.3, -0.25) is 0 Å². The van der Waals surface area contributed by atoms with Gasteiger partial charge in [-0.1, -0.05) is 17.7 Å². The second-order valence-corrected chi connectivity index (χ2v) is 7.36. The van der Waals surface area contributed by atoms with Crippen LogP contribution >= 0.6 is 11.8 Å². The van der Waals surface area contributed by atoms with E-state index in [0.29, 0.717) is 6.04 Å². The van der Waals surface area contributed by atoms with Gasteiger partial charge in [-0.05, 0) is 80.6 Å². The van der Waals surface area contributed by atoms with E-state index in [0.717, 1.165) is 12.3 Å². The van der Waals surface area contributed by atoms with Crippen molar-refractivity contribution in [1.82, 2.24) is 0 Å². The van der Waals surface area contributed by atoms with Gasteiger partial charge in [0.1, 0.15) is 0 Å². The van der Waals surface area contributed by atoms with E-state index in [1.165, 1.54) is 53.0 Å². The van der Waals surface area contributed by atoms with Crippen LogP contribution in [-0.2, 0) is 6.42 Å². The Bertz CT molecular complexity index is 398. The second kappa shape index (κ2) is 6.81. The van der Waals surface area contributed by atoms with E-state index < -0.39 is 0 Å². The molecule has 1 nitrogen and oxygen atoms in total. The summed E-state index contributed by atoms with van der Waals surface area (Å²) in [5.41, 5.74) is 12.1. The molecule has 0 aromatic heterocycles. The van der Waals surface area contributed by atoms with Crippen LogP contribution in [0.5, 0.6) is 0 Å². The van der Waals surface area contributed by atoms with E-state index in [4.69, 9.17) is 5.73 Å². The maximum atomic E-state index is 6.41. The molecule has 1 aliphatic heterocycles. The molecule has 1 heterocycles. The summed E-state index contributed by atoms with van der Waals surface area (Å²) in [7, 11) is 0. The van der Waals surface area contributed by atoms with Crippen LogP contribution in [0.2, 0.25) is 0 Å². The molecule has 1 saturated heterocycles. The summed E-state index contributed by atoms with van der Waals surface area (Å²) in [6.45, 7) is 6.61. The van der Waals surface area contributed by atoms with Crippen molar-refractivity contribution in [2.45, 2.75) is 52.5 Å². The zero-order valence-electron chi connectivity index (χ0n) is 12.5. The Morgan fingerprint density at radius 3 is 2.32 bits per heavy atom. The Hall–Kier alpha value is -0.470. The van der Waals surface area contributed by atoms with Gasteiger partial charge in [0, 0.05) is 6.04 Å². The first-order valence-corrected chi connectivity index (χ1v) is 8.61. The van der Waals surface area contributed by atoms with Crippen LogP contribution in [-0.4, -0.2) is 17.5 Å². The summed E-state index contributed by atoms with van der Waals surface area (Å²) >= 11 is 2.10. The van der Waals surface area contributed by atoms with Crippen molar-refractivity contribution in [2.75, 3.05) is 11.5 Å². The van der Waals surface area contributed by atoms with Crippen molar-refractivity contribution in [1.29, 1.82) is 0 Å². The predicted molar refractivity (Wildman–Crippen MR) is 87.0 cm³/mol. The molecule has 1 fully saturated rings. The molecule has 1 aromatic carbocycles. The standard InChI is InChI=1S/C17H27NS/c1-12-8-13(2)17(14(3)9-12)11-16(18)10-15-4-6-19-7-5-15/h8-9,15-16H,4-7,10-11,18H2,1-3H3. The molecule has 0 radical (unpaired) electrons. The summed E-state index contributed by atoms with van der Waals surface area (Å²) in [6, 6.07) is 4.90. The summed E-state index contributed by atoms with van der Waals surface area (Å²) < 4.78 is 0. The van der Waals surface area contributed by atoms with E-state index in [1.54, 1.807) is 0 Å². The summed E-state index contributed by atoms with van der Waals surface area (Å²) in [4.78, 5) is 0. The van der Waals surface area contributed by atoms with Crippen molar-refractivity contribution in [3.63, 3.8) is 0 Å². The molecule has 1 aliphatic rings. The smallest absolute Gasteiger partial charge is 0.00821 e. The molecule has 2 N–H and O–H groups in total. The SMILES string of the molecule is Cc1cc(C)c(CC(N)CC2CCSCC2)c(C)c1. The maximum absolute atomic E-state index is 6.41. The van der Waals surface area contributed by atoms with E-state index in [2.05, 4.69) is 44.7 Å². The van der Waals surface area contributed by atoms with E-state index in [9.17, 15) is 0 Å². The third kappa shape index (κ3) is 4.25. The van der Waals surface area contributed by atoms with Gasteiger partial charge in [-0.25, -0.2) is 0 Å². The molecule has 0 bridgehead atoms. The highest BCUT2D eigenvalue weighted by Crippen LogP contribution is 2.27. The molecule has 0 aliphatic carbocycles. The van der Waals surface area contributed by atoms with Gasteiger partial charge in [0.05, 0.1) is 0 Å². The molecule has 2 rings (SSSR count). The minimum atomic E-state index is 0.327. The summed E-state index contributed by atoms with van der Waals surface area (Å²) in [5, 5.41) is 0. The lowest BCUT2D eigenvalue weighted by Gasteiger charge is -2.25. The predicted octanol–water partition coefficient (Wildman–Crippen LogP) is 4.01. The quantitative estimate of drug-likeness (QED) is 0.899. The van der Waals surface area contributed by atoms with Crippen LogP contribution in [0.3, 0.4) is 0 Å². The second-order valence-electron chi connectivity index (χ2n) is 6.13. The monoisotopic (exact) mass is 277 g/mol. The topological polar surface area (TPSA) is 26.0 Å². The van der Waals surface area contributed by atoms with Gasteiger partial charge in [-0.2, -0.15) is 11.8 Å². The minimum Gasteiger partial charge on any atom is -0.327 e. The fourth-order valence-electron chi connectivity index (χ4n) is 3.29. The molecule has 0 amide bonds. The lowest BCUT2D eigenvalue weighted by molar-refractivity contribution is 0.405. The van der Waals surface area contributed by atoms with Crippen molar-refractivity contribution in [3.05, 3.63) is 34.4 Å². The Balaban J connectivity index is 1.96. The highest BCUT2D eigenvalue weighted by Gasteiger charge is 2.18. The maximum Gasteiger partial charge on any atom is 0.00821 e. The fraction of sp³-hybridized carbons (Fsp3) is 0.647. The first-order chi connectivity index (χ1) is 9.06. The molecule has 1 aromatic rings. The minimum absolute atomic E-state index is 0.327. The van der Waals surface area contributed by atoms with Gasteiger partial charge in [0.15, 0.2) is 0 Å². The lowest BCUT2D eigenvalue weighted by Crippen LogP contribution is -2.28. The highest BCUT2D eigenvalue weighted by molar-refractivity contribution is 7.99. The molecule has 0 saturated carbocycles. The molecule has 1 atom stereocenters. The number of thioether (sulfide) groups is 1. The van der Waals surface area contributed by atoms with Gasteiger partial charge in [-0.15, -0.1) is 0 Å². The first kappa shape index (κ1) is 14.9. The van der Waals surface area contributed by atoms with Gasteiger partial charge in [0.25, 0.3) is 0 Å². The molecule has 0 spiro atoms. The summed E-state index contributed by atoms with van der Waals surface area (Å²) in [5.74, 6) is 3.53. The number of nitrogens with two attached hydrogens (primary N) is 1. The Kier molecular flexibility index (Phi) is 5.35. The molecular formula is C17H27NS. The molecule has 2 heteroatoms. The average molecular weight is 277 g/mol. The van der Waals surface area contributed by atoms with Crippen molar-refractivity contribution in [3.8, 4) is 0 Å². The van der Waals surface area contributed by atoms with Crippen LogP contribution in [0.1, 0.15) is 41.5 Å². The fourth-order valence-corrected chi connectivity index (χ4v) is 4.49. The van der Waals surface area contributed by atoms with Crippen LogP contribution in [0.25, 0.3) is 0 Å². The van der Waals surface area contributed by atoms with Gasteiger partial charge in [0.2, 0.25) is 0 Å². The van der Waals surface area contributed by atoms with Crippen LogP contribution in [0, 0.1) is 26.7 Å². The van der Waals surface area contributed by atoms with Gasteiger partial charge < -0.3 is 5.73 Å². The molecule has 19 heavy (non-hydrogen) atoms. The lowest BCUT2D eigenvalue weighted by atomic mass is 9.88. The highest BCUT2D eigenvalue weighted by atomic mass is 32.2. The largest absolute Gasteiger partial charge is 0.327 e. The number of aryl methyl sites for hydroxylation is 3. The van der Waals surface area contributed by atoms with Crippen LogP contribution in [0.4, 0.5) is 0 Å². The zero-order chi connectivity index (χ0) is 13.8. The zero-order valence-corrected chi connectivity index (χ0v) is 13.4. The Morgan fingerprint density at radius 1 is 1.16 bits per heavy atom. The van der Waals surface area contributed by atoms with Crippen LogP contribution in [0.15, 0.2) is 12.1 Å². The van der Waals surface area contributed by atoms with Crippen LogP contribution < -0.4 is 5.73 Å². The number of hydrogen-bond donors (Lipinski definition) is 1. The van der Waals surface area contributed by atoms with Crippen molar-refractivity contribution >= 4 is 11.8 Å². The Morgan fingerprint density at radius 2 is 1.74 bits per heavy atom. The average Bonchev–Trinajstić information content (AvgIpc) is 2.35. The van der Waals surface area contributed by atoms with Gasteiger partial charge >= 0.3 is 0 Å². The van der Waals surface area contributed by atoms with Crippen molar-refractivity contribution in [2.24, 2.45) is 11.7 Å². The van der Waals surface area contributed by atoms with Crippen molar-refractivity contribution < 1.29 is 0 Å². The van der Waals surface area contributed by atoms with E-state index >= 15 is 0 Å². The molecular weight excluding hydrogens is 250 g/mol. The third-order valence-corrected chi connectivity index (χ3v) is 5.33. The Labute approximate surface area is 122 Å².